The van der Waals surface area contributed by atoms with Crippen LogP contribution in [0.5, 0.6) is 11.5 Å². The van der Waals surface area contributed by atoms with E-state index in [9.17, 15) is 4.79 Å². The molecule has 0 aliphatic carbocycles. The van der Waals surface area contributed by atoms with Gasteiger partial charge in [-0.3, -0.25) is 0 Å². The average Bonchev–Trinajstić information content (AvgIpc) is 3.02. The van der Waals surface area contributed by atoms with Crippen molar-refractivity contribution in [1.82, 2.24) is 0 Å². The van der Waals surface area contributed by atoms with Crippen LogP contribution in [-0.2, 0) is 25.7 Å². The maximum absolute atomic E-state index is 13.4. The summed E-state index contributed by atoms with van der Waals surface area (Å²) in [6, 6.07) is 12.5. The van der Waals surface area contributed by atoms with Crippen molar-refractivity contribution in [3.8, 4) is 11.5 Å². The molecule has 0 aliphatic rings. The molecule has 0 atom stereocenters. The highest BCUT2D eigenvalue weighted by Crippen LogP contribution is 2.30. The van der Waals surface area contributed by atoms with Crippen molar-refractivity contribution < 1.29 is 14.3 Å². The first-order chi connectivity index (χ1) is 21.6. The maximum atomic E-state index is 13.4. The third kappa shape index (κ3) is 15.6. The monoisotopic (exact) mass is 607 g/mol. The van der Waals surface area contributed by atoms with Crippen molar-refractivity contribution >= 4 is 6.16 Å². The van der Waals surface area contributed by atoms with E-state index in [-0.39, 0.29) is 0 Å². The largest absolute Gasteiger partial charge is 0.519 e. The third-order valence-electron chi connectivity index (χ3n) is 9.01. The van der Waals surface area contributed by atoms with Gasteiger partial charge in [0.15, 0.2) is 0 Å². The SMILES string of the molecule is CCCCCCCc1cccc(OC(=O)Oc2cccc(CCCCCCC)c2CCCCCCC)c1CCCCCCC. The van der Waals surface area contributed by atoms with Gasteiger partial charge in [-0.2, -0.15) is 0 Å². The van der Waals surface area contributed by atoms with Crippen LogP contribution in [0.3, 0.4) is 0 Å². The lowest BCUT2D eigenvalue weighted by molar-refractivity contribution is 0.151. The minimum absolute atomic E-state index is 0.607. The highest BCUT2D eigenvalue weighted by atomic mass is 16.7. The van der Waals surface area contributed by atoms with Crippen molar-refractivity contribution in [2.45, 2.75) is 182 Å². The molecule has 0 unspecified atom stereocenters. The number of carbonyl (C=O) groups is 1. The Bertz CT molecular complexity index is 931. The molecule has 0 aliphatic heterocycles. The zero-order valence-corrected chi connectivity index (χ0v) is 29.2. The van der Waals surface area contributed by atoms with Crippen LogP contribution in [0.1, 0.15) is 178 Å². The van der Waals surface area contributed by atoms with Crippen molar-refractivity contribution in [2.75, 3.05) is 0 Å². The molecule has 3 heteroatoms. The van der Waals surface area contributed by atoms with Gasteiger partial charge in [0.1, 0.15) is 11.5 Å². The molecular formula is C41H66O3. The van der Waals surface area contributed by atoms with Crippen molar-refractivity contribution in [1.29, 1.82) is 0 Å². The van der Waals surface area contributed by atoms with Crippen molar-refractivity contribution in [2.24, 2.45) is 0 Å². The molecule has 2 aromatic carbocycles. The van der Waals surface area contributed by atoms with E-state index in [1.165, 1.54) is 138 Å². The quantitative estimate of drug-likeness (QED) is 0.0607. The van der Waals surface area contributed by atoms with Gasteiger partial charge in [-0.05, 0) is 85.8 Å². The fourth-order valence-electron chi connectivity index (χ4n) is 6.30. The van der Waals surface area contributed by atoms with Gasteiger partial charge in [-0.1, -0.05) is 155 Å². The fourth-order valence-corrected chi connectivity index (χ4v) is 6.30. The molecule has 0 amide bonds. The van der Waals surface area contributed by atoms with Gasteiger partial charge >= 0.3 is 6.16 Å². The molecule has 0 N–H and O–H groups in total. The molecule has 0 bridgehead atoms. The molecule has 0 saturated carbocycles. The number of hydrogen-bond donors (Lipinski definition) is 0. The van der Waals surface area contributed by atoms with Crippen LogP contribution in [0.15, 0.2) is 36.4 Å². The lowest BCUT2D eigenvalue weighted by Crippen LogP contribution is -2.17. The Hall–Kier alpha value is -2.29. The zero-order chi connectivity index (χ0) is 31.7. The second kappa shape index (κ2) is 25.0. The van der Waals surface area contributed by atoms with E-state index < -0.39 is 6.16 Å². The second-order valence-electron chi connectivity index (χ2n) is 12.9. The topological polar surface area (TPSA) is 35.5 Å². The van der Waals surface area contributed by atoms with Crippen LogP contribution in [0.4, 0.5) is 4.79 Å². The molecule has 0 radical (unpaired) electrons. The summed E-state index contributed by atoms with van der Waals surface area (Å²) in [5.41, 5.74) is 5.07. The van der Waals surface area contributed by atoms with Crippen molar-refractivity contribution in [3.63, 3.8) is 0 Å². The highest BCUT2D eigenvalue weighted by molar-refractivity contribution is 5.69. The van der Waals surface area contributed by atoms with E-state index in [0.29, 0.717) is 11.5 Å². The molecule has 0 heterocycles. The van der Waals surface area contributed by atoms with Crippen LogP contribution < -0.4 is 9.47 Å². The highest BCUT2D eigenvalue weighted by Gasteiger charge is 2.18. The van der Waals surface area contributed by atoms with Gasteiger partial charge in [0, 0.05) is 0 Å². The van der Waals surface area contributed by atoms with Crippen molar-refractivity contribution in [3.05, 3.63) is 58.7 Å². The summed E-state index contributed by atoms with van der Waals surface area (Å²) in [4.78, 5) is 13.4. The Morgan fingerprint density at radius 2 is 0.750 bits per heavy atom. The minimum Gasteiger partial charge on any atom is -0.394 e. The van der Waals surface area contributed by atoms with E-state index >= 15 is 0 Å². The van der Waals surface area contributed by atoms with Crippen LogP contribution in [0.25, 0.3) is 0 Å². The summed E-state index contributed by atoms with van der Waals surface area (Å²) in [5.74, 6) is 1.37. The predicted octanol–water partition coefficient (Wildman–Crippen LogP) is 13.3. The number of ether oxygens (including phenoxy) is 2. The minimum atomic E-state index is -0.607. The van der Waals surface area contributed by atoms with Crippen LogP contribution in [-0.4, -0.2) is 6.16 Å². The number of aryl methyl sites for hydroxylation is 2. The van der Waals surface area contributed by atoms with Gasteiger partial charge in [0.25, 0.3) is 0 Å². The molecule has 2 aromatic rings. The van der Waals surface area contributed by atoms with Gasteiger partial charge < -0.3 is 9.47 Å². The first-order valence-electron chi connectivity index (χ1n) is 18.8. The molecule has 44 heavy (non-hydrogen) atoms. The number of carbonyl (C=O) groups excluding carboxylic acids is 1. The Balaban J connectivity index is 2.17. The number of rotatable bonds is 26. The summed E-state index contributed by atoms with van der Waals surface area (Å²) in [5, 5.41) is 0. The first-order valence-corrected chi connectivity index (χ1v) is 18.8. The molecule has 3 nitrogen and oxygen atoms in total. The number of unbranched alkanes of at least 4 members (excludes halogenated alkanes) is 16. The maximum Gasteiger partial charge on any atom is 0.519 e. The first kappa shape index (κ1) is 37.9. The fraction of sp³-hybridized carbons (Fsp3) is 0.683. The molecule has 0 saturated heterocycles. The lowest BCUT2D eigenvalue weighted by atomic mass is 9.95. The number of benzene rings is 2. The zero-order valence-electron chi connectivity index (χ0n) is 29.2. The molecule has 248 valence electrons. The Morgan fingerprint density at radius 1 is 0.432 bits per heavy atom. The van der Waals surface area contributed by atoms with Gasteiger partial charge in [-0.15, -0.1) is 0 Å². The van der Waals surface area contributed by atoms with Gasteiger partial charge in [0.2, 0.25) is 0 Å². The molecule has 2 rings (SSSR count). The Morgan fingerprint density at radius 3 is 1.09 bits per heavy atom. The van der Waals surface area contributed by atoms with E-state index in [0.717, 1.165) is 38.5 Å². The summed E-state index contributed by atoms with van der Waals surface area (Å²) in [7, 11) is 0. The van der Waals surface area contributed by atoms with Gasteiger partial charge in [-0.25, -0.2) is 4.79 Å². The molecular weight excluding hydrogens is 540 g/mol. The molecule has 0 fully saturated rings. The van der Waals surface area contributed by atoms with E-state index in [1.54, 1.807) is 0 Å². The summed E-state index contributed by atoms with van der Waals surface area (Å²) < 4.78 is 12.1. The lowest BCUT2D eigenvalue weighted by Gasteiger charge is -2.17. The Labute approximate surface area is 271 Å². The Kier molecular flexibility index (Phi) is 21.5. The van der Waals surface area contributed by atoms with E-state index in [1.807, 2.05) is 24.3 Å². The van der Waals surface area contributed by atoms with Gasteiger partial charge in [0.05, 0.1) is 0 Å². The summed E-state index contributed by atoms with van der Waals surface area (Å²) in [6.45, 7) is 9.04. The van der Waals surface area contributed by atoms with E-state index in [2.05, 4.69) is 39.8 Å². The summed E-state index contributed by atoms with van der Waals surface area (Å²) >= 11 is 0. The molecule has 0 aromatic heterocycles. The molecule has 0 spiro atoms. The van der Waals surface area contributed by atoms with Crippen LogP contribution >= 0.6 is 0 Å². The average molecular weight is 607 g/mol. The third-order valence-corrected chi connectivity index (χ3v) is 9.01. The normalized spacial score (nSPS) is 11.2. The summed E-state index contributed by atoms with van der Waals surface area (Å²) in [6.07, 6.45) is 28.3. The van der Waals surface area contributed by atoms with Crippen LogP contribution in [0.2, 0.25) is 0 Å². The van der Waals surface area contributed by atoms with E-state index in [4.69, 9.17) is 9.47 Å². The predicted molar refractivity (Wildman–Crippen MR) is 189 cm³/mol. The second-order valence-corrected chi connectivity index (χ2v) is 12.9. The van der Waals surface area contributed by atoms with Crippen LogP contribution in [0, 0.1) is 0 Å². The smallest absolute Gasteiger partial charge is 0.394 e. The standard InChI is InChI=1S/C41H66O3/c1-5-9-13-17-21-27-35-29-25-33-39(37(35)31-23-19-15-11-7-3)43-41(42)44-40-34-26-30-36(28-22-18-14-10-6-2)38(40)32-24-20-16-12-8-4/h25-26,29-30,33-34H,5-24,27-28,31-32H2,1-4H3. The number of hydrogen-bond acceptors (Lipinski definition) is 3.